The summed E-state index contributed by atoms with van der Waals surface area (Å²) < 4.78 is 18.4. The molecule has 2 rings (SSSR count). The number of aliphatic carboxylic acids is 1. The Labute approximate surface area is 149 Å². The van der Waals surface area contributed by atoms with Crippen molar-refractivity contribution in [3.63, 3.8) is 0 Å². The van der Waals surface area contributed by atoms with E-state index in [-0.39, 0.29) is 23.2 Å². The van der Waals surface area contributed by atoms with Crippen LogP contribution in [0.4, 0.5) is 9.18 Å². The fraction of sp³-hybridized carbons (Fsp3) is 0.500. The Bertz CT molecular complexity index is 649. The predicted octanol–water partition coefficient (Wildman–Crippen LogP) is 4.03. The van der Waals surface area contributed by atoms with Crippen LogP contribution in [0.1, 0.15) is 27.2 Å². The molecule has 1 heterocycles. The van der Waals surface area contributed by atoms with Gasteiger partial charge in [0.1, 0.15) is 17.5 Å². The average Bonchev–Trinajstić information content (AvgIpc) is 2.84. The van der Waals surface area contributed by atoms with Gasteiger partial charge in [-0.15, -0.1) is 11.8 Å². The number of thioether (sulfide) groups is 1. The summed E-state index contributed by atoms with van der Waals surface area (Å²) in [5.74, 6) is -1.51. The van der Waals surface area contributed by atoms with Gasteiger partial charge in [-0.1, -0.05) is 11.6 Å². The third-order valence-corrected chi connectivity index (χ3v) is 5.07. The highest BCUT2D eigenvalue weighted by Gasteiger charge is 2.42. The fourth-order valence-corrected chi connectivity index (χ4v) is 3.88. The highest BCUT2D eigenvalue weighted by molar-refractivity contribution is 8.00. The van der Waals surface area contributed by atoms with Crippen LogP contribution < -0.4 is 0 Å². The quantitative estimate of drug-likeness (QED) is 0.863. The number of benzene rings is 1. The standard InChI is InChI=1S/C16H19ClFNO4S/c1-16(2,3)23-15(22)19-8-10(7-12(19)14(20)21)24-13-5-4-9(18)6-11(13)17/h4-6,10,12H,7-8H2,1-3H3,(H,20,21)/t10-,12+/m1/s1. The molecule has 0 bridgehead atoms. The second kappa shape index (κ2) is 7.19. The summed E-state index contributed by atoms with van der Waals surface area (Å²) in [5.41, 5.74) is -0.703. The molecule has 1 fully saturated rings. The summed E-state index contributed by atoms with van der Waals surface area (Å²) in [6.07, 6.45) is -0.379. The Balaban J connectivity index is 2.11. The van der Waals surface area contributed by atoms with Gasteiger partial charge in [0.25, 0.3) is 0 Å². The minimum atomic E-state index is -1.07. The number of hydrogen-bond donors (Lipinski definition) is 1. The van der Waals surface area contributed by atoms with Crippen LogP contribution in [0.15, 0.2) is 23.1 Å². The lowest BCUT2D eigenvalue weighted by atomic mass is 10.2. The van der Waals surface area contributed by atoms with Gasteiger partial charge in [-0.3, -0.25) is 4.90 Å². The molecule has 0 saturated carbocycles. The van der Waals surface area contributed by atoms with E-state index in [1.165, 1.54) is 28.8 Å². The van der Waals surface area contributed by atoms with Gasteiger partial charge in [0.2, 0.25) is 0 Å². The van der Waals surface area contributed by atoms with E-state index in [2.05, 4.69) is 0 Å². The highest BCUT2D eigenvalue weighted by atomic mass is 35.5. The molecule has 0 radical (unpaired) electrons. The fourth-order valence-electron chi connectivity index (χ4n) is 2.39. The molecule has 0 aliphatic carbocycles. The normalized spacial score (nSPS) is 21.0. The second-order valence-electron chi connectivity index (χ2n) is 6.54. The molecule has 1 saturated heterocycles. The lowest BCUT2D eigenvalue weighted by Gasteiger charge is -2.26. The maximum Gasteiger partial charge on any atom is 0.411 e. The zero-order chi connectivity index (χ0) is 18.1. The van der Waals surface area contributed by atoms with E-state index >= 15 is 0 Å². The lowest BCUT2D eigenvalue weighted by molar-refractivity contribution is -0.142. The molecule has 0 aromatic heterocycles. The molecule has 132 valence electrons. The Kier molecular flexibility index (Phi) is 5.65. The first-order valence-electron chi connectivity index (χ1n) is 7.41. The molecule has 1 amide bonds. The molecule has 1 aliphatic heterocycles. The van der Waals surface area contributed by atoms with Crippen molar-refractivity contribution in [2.24, 2.45) is 0 Å². The lowest BCUT2D eigenvalue weighted by Crippen LogP contribution is -2.43. The summed E-state index contributed by atoms with van der Waals surface area (Å²) in [6, 6.07) is 3.10. The van der Waals surface area contributed by atoms with E-state index in [0.29, 0.717) is 4.90 Å². The van der Waals surface area contributed by atoms with E-state index in [1.807, 2.05) is 0 Å². The number of rotatable bonds is 3. The third kappa shape index (κ3) is 4.77. The van der Waals surface area contributed by atoms with Gasteiger partial charge >= 0.3 is 12.1 Å². The first-order chi connectivity index (χ1) is 11.1. The summed E-state index contributed by atoms with van der Waals surface area (Å²) in [4.78, 5) is 25.6. The van der Waals surface area contributed by atoms with Crippen molar-refractivity contribution in [2.75, 3.05) is 6.54 Å². The van der Waals surface area contributed by atoms with Crippen molar-refractivity contribution in [2.45, 2.75) is 49.0 Å². The third-order valence-electron chi connectivity index (χ3n) is 3.36. The molecule has 0 spiro atoms. The topological polar surface area (TPSA) is 66.8 Å². The van der Waals surface area contributed by atoms with Crippen molar-refractivity contribution < 1.29 is 23.8 Å². The van der Waals surface area contributed by atoms with E-state index in [4.69, 9.17) is 16.3 Å². The van der Waals surface area contributed by atoms with Gasteiger partial charge in [0.05, 0.1) is 5.02 Å². The molecule has 24 heavy (non-hydrogen) atoms. The summed E-state index contributed by atoms with van der Waals surface area (Å²) >= 11 is 7.35. The number of nitrogens with zero attached hydrogens (tertiary/aromatic N) is 1. The average molecular weight is 376 g/mol. The van der Waals surface area contributed by atoms with Gasteiger partial charge in [-0.05, 0) is 45.4 Å². The van der Waals surface area contributed by atoms with E-state index in [1.54, 1.807) is 26.8 Å². The molecule has 8 heteroatoms. The van der Waals surface area contributed by atoms with E-state index < -0.39 is 29.5 Å². The van der Waals surface area contributed by atoms with Crippen molar-refractivity contribution in [1.29, 1.82) is 0 Å². The molecule has 1 aromatic rings. The summed E-state index contributed by atoms with van der Waals surface area (Å²) in [6.45, 7) is 5.40. The number of ether oxygens (including phenoxy) is 1. The second-order valence-corrected chi connectivity index (χ2v) is 8.29. The first kappa shape index (κ1) is 18.9. The molecule has 1 aliphatic rings. The minimum Gasteiger partial charge on any atom is -0.480 e. The van der Waals surface area contributed by atoms with Crippen LogP contribution in [-0.4, -0.2) is 45.5 Å². The monoisotopic (exact) mass is 375 g/mol. The Hall–Kier alpha value is -1.47. The van der Waals surface area contributed by atoms with Crippen LogP contribution in [0.2, 0.25) is 5.02 Å². The molecule has 0 unspecified atom stereocenters. The molecule has 1 N–H and O–H groups in total. The van der Waals surface area contributed by atoms with Crippen molar-refractivity contribution in [3.05, 3.63) is 29.0 Å². The van der Waals surface area contributed by atoms with Gasteiger partial charge in [0, 0.05) is 16.7 Å². The van der Waals surface area contributed by atoms with Gasteiger partial charge in [-0.25, -0.2) is 14.0 Å². The van der Waals surface area contributed by atoms with Crippen LogP contribution in [0.3, 0.4) is 0 Å². The number of carbonyl (C=O) groups is 2. The number of likely N-dealkylation sites (tertiary alicyclic amines) is 1. The summed E-state index contributed by atoms with van der Waals surface area (Å²) in [7, 11) is 0. The van der Waals surface area contributed by atoms with Crippen molar-refractivity contribution in [1.82, 2.24) is 4.90 Å². The Morgan fingerprint density at radius 3 is 2.62 bits per heavy atom. The first-order valence-corrected chi connectivity index (χ1v) is 8.66. The van der Waals surface area contributed by atoms with Gasteiger partial charge in [0.15, 0.2) is 0 Å². The van der Waals surface area contributed by atoms with Crippen molar-refractivity contribution in [3.8, 4) is 0 Å². The van der Waals surface area contributed by atoms with Crippen LogP contribution in [0, 0.1) is 5.82 Å². The zero-order valence-corrected chi connectivity index (χ0v) is 15.2. The van der Waals surface area contributed by atoms with Crippen LogP contribution in [0.25, 0.3) is 0 Å². The van der Waals surface area contributed by atoms with E-state index in [9.17, 15) is 19.1 Å². The Morgan fingerprint density at radius 1 is 1.42 bits per heavy atom. The number of carboxylic acids is 1. The van der Waals surface area contributed by atoms with Crippen LogP contribution in [-0.2, 0) is 9.53 Å². The molecular formula is C16H19ClFNO4S. The number of halogens is 2. The van der Waals surface area contributed by atoms with Gasteiger partial charge < -0.3 is 9.84 Å². The highest BCUT2D eigenvalue weighted by Crippen LogP contribution is 2.37. The smallest absolute Gasteiger partial charge is 0.411 e. The van der Waals surface area contributed by atoms with E-state index in [0.717, 1.165) is 0 Å². The molecule has 1 aromatic carbocycles. The number of carbonyl (C=O) groups excluding carboxylic acids is 1. The predicted molar refractivity (Wildman–Crippen MR) is 90.0 cm³/mol. The maximum absolute atomic E-state index is 13.1. The SMILES string of the molecule is CC(C)(C)OC(=O)N1C[C@H](Sc2ccc(F)cc2Cl)C[C@H]1C(=O)O. The number of carboxylic acid groups (broad SMARTS) is 1. The zero-order valence-electron chi connectivity index (χ0n) is 13.6. The number of hydrogen-bond acceptors (Lipinski definition) is 4. The maximum atomic E-state index is 13.1. The summed E-state index contributed by atoms with van der Waals surface area (Å²) in [5, 5.41) is 9.47. The van der Waals surface area contributed by atoms with Crippen molar-refractivity contribution >= 4 is 35.4 Å². The van der Waals surface area contributed by atoms with Crippen LogP contribution in [0.5, 0.6) is 0 Å². The molecule has 2 atom stereocenters. The minimum absolute atomic E-state index is 0.165. The number of amides is 1. The van der Waals surface area contributed by atoms with Gasteiger partial charge in [-0.2, -0.15) is 0 Å². The molecular weight excluding hydrogens is 357 g/mol. The Morgan fingerprint density at radius 2 is 2.08 bits per heavy atom. The largest absolute Gasteiger partial charge is 0.480 e. The molecule has 5 nitrogen and oxygen atoms in total. The van der Waals surface area contributed by atoms with Crippen LogP contribution >= 0.6 is 23.4 Å².